The summed E-state index contributed by atoms with van der Waals surface area (Å²) >= 11 is 0. The topological polar surface area (TPSA) is 17.4 Å². The highest BCUT2D eigenvalue weighted by Crippen LogP contribution is 2.49. The highest BCUT2D eigenvalue weighted by Gasteiger charge is 2.25. The van der Waals surface area contributed by atoms with Gasteiger partial charge in [0.1, 0.15) is 5.75 Å². The smallest absolute Gasteiger partial charge is 0.118 e. The number of ether oxygens (including phenoxy) is 1. The van der Waals surface area contributed by atoms with Crippen molar-refractivity contribution in [3.63, 3.8) is 0 Å². The molecule has 0 N–H and O–H groups in total. The molecule has 0 saturated carbocycles. The van der Waals surface area contributed by atoms with E-state index in [1.54, 1.807) is 7.11 Å². The Bertz CT molecular complexity index is 2300. The molecule has 1 aliphatic rings. The molecule has 3 heteroatoms. The van der Waals surface area contributed by atoms with Gasteiger partial charge in [-0.2, -0.15) is 0 Å². The first kappa shape index (κ1) is 26.8. The molecule has 0 bridgehead atoms. The van der Waals surface area contributed by atoms with Crippen molar-refractivity contribution < 1.29 is 4.74 Å². The molecule has 7 aromatic carbocycles. The Kier molecular flexibility index (Phi) is 6.57. The van der Waals surface area contributed by atoms with Crippen LogP contribution < -0.4 is 9.64 Å². The summed E-state index contributed by atoms with van der Waals surface area (Å²) in [5.41, 5.74) is 11.2. The van der Waals surface area contributed by atoms with Gasteiger partial charge >= 0.3 is 0 Å². The number of hydrogen-bond donors (Lipinski definition) is 0. The molecule has 45 heavy (non-hydrogen) atoms. The highest BCUT2D eigenvalue weighted by atomic mass is 16.5. The maximum Gasteiger partial charge on any atom is 0.118 e. The summed E-state index contributed by atoms with van der Waals surface area (Å²) in [6.45, 7) is 0. The highest BCUT2D eigenvalue weighted by molar-refractivity contribution is 6.18. The van der Waals surface area contributed by atoms with Crippen molar-refractivity contribution in [2.45, 2.75) is 0 Å². The van der Waals surface area contributed by atoms with E-state index < -0.39 is 0 Å². The van der Waals surface area contributed by atoms with E-state index in [9.17, 15) is 0 Å². The van der Waals surface area contributed by atoms with Crippen LogP contribution >= 0.6 is 0 Å². The molecule has 0 radical (unpaired) electrons. The van der Waals surface area contributed by atoms with Crippen molar-refractivity contribution in [3.8, 4) is 33.7 Å². The molecule has 1 aromatic heterocycles. The average Bonchev–Trinajstić information content (AvgIpc) is 3.44. The lowest BCUT2D eigenvalue weighted by Crippen LogP contribution is -2.14. The van der Waals surface area contributed by atoms with Gasteiger partial charge in [-0.25, -0.2) is 0 Å². The van der Waals surface area contributed by atoms with Gasteiger partial charge in [0.15, 0.2) is 0 Å². The van der Waals surface area contributed by atoms with Gasteiger partial charge < -0.3 is 14.2 Å². The lowest BCUT2D eigenvalue weighted by molar-refractivity contribution is 0.415. The summed E-state index contributed by atoms with van der Waals surface area (Å²) in [5.74, 6) is 0.910. The van der Waals surface area contributed by atoms with Gasteiger partial charge in [-0.15, -0.1) is 0 Å². The number of anilines is 2. The van der Waals surface area contributed by atoms with Crippen molar-refractivity contribution in [1.29, 1.82) is 0 Å². The lowest BCUT2D eigenvalue weighted by atomic mass is 9.90. The first-order valence-electron chi connectivity index (χ1n) is 15.3. The second-order valence-electron chi connectivity index (χ2n) is 11.4. The standard InChI is InChI=1S/C35H24N2.C7H8O/c1-36-32-17-9-13-24-12-8-16-27(35(24)32)29-21-30-28-20-25(23-10-4-2-5-11-23)18-19-31(28)37(34(30)22-33(29)36)26-14-6-3-7-15-26;1-8-7-5-3-2-4-6-7/h2-22H,1H3;2-6H,1H3. The van der Waals surface area contributed by atoms with E-state index in [1.807, 2.05) is 30.3 Å². The minimum atomic E-state index is 0.910. The van der Waals surface area contributed by atoms with Crippen LogP contribution in [0.15, 0.2) is 158 Å². The normalized spacial score (nSPS) is 11.7. The molecule has 0 aliphatic carbocycles. The van der Waals surface area contributed by atoms with E-state index in [1.165, 1.54) is 71.9 Å². The fourth-order valence-electron chi connectivity index (χ4n) is 6.72. The van der Waals surface area contributed by atoms with E-state index in [0.717, 1.165) is 5.75 Å². The minimum Gasteiger partial charge on any atom is -0.497 e. The Morgan fingerprint density at radius 2 is 1.16 bits per heavy atom. The van der Waals surface area contributed by atoms with Crippen molar-refractivity contribution in [2.24, 2.45) is 0 Å². The summed E-state index contributed by atoms with van der Waals surface area (Å²) in [4.78, 5) is 2.35. The Morgan fingerprint density at radius 1 is 0.489 bits per heavy atom. The minimum absolute atomic E-state index is 0.910. The van der Waals surface area contributed by atoms with E-state index in [0.29, 0.717) is 0 Å². The fourth-order valence-corrected chi connectivity index (χ4v) is 6.72. The van der Waals surface area contributed by atoms with Gasteiger partial charge in [-0.05, 0) is 76.7 Å². The second-order valence-corrected chi connectivity index (χ2v) is 11.4. The van der Waals surface area contributed by atoms with Crippen LogP contribution in [0.4, 0.5) is 11.4 Å². The van der Waals surface area contributed by atoms with E-state index in [4.69, 9.17) is 4.74 Å². The Morgan fingerprint density at radius 3 is 1.87 bits per heavy atom. The molecule has 0 unspecified atom stereocenters. The number of fused-ring (bicyclic) bond motifs is 5. The Balaban J connectivity index is 0.000000330. The molecule has 0 atom stereocenters. The molecule has 0 amide bonds. The third-order valence-corrected chi connectivity index (χ3v) is 8.88. The Labute approximate surface area is 263 Å². The summed E-state index contributed by atoms with van der Waals surface area (Å²) in [6.07, 6.45) is 0. The molecule has 0 fully saturated rings. The molecular formula is C42H32N2O. The maximum atomic E-state index is 4.91. The van der Waals surface area contributed by atoms with Crippen molar-refractivity contribution >= 4 is 44.0 Å². The number of aromatic nitrogens is 1. The Hall–Kier alpha value is -5.80. The van der Waals surface area contributed by atoms with Gasteiger partial charge in [0.25, 0.3) is 0 Å². The molecular weight excluding hydrogens is 548 g/mol. The van der Waals surface area contributed by atoms with E-state index in [2.05, 4.69) is 144 Å². The summed E-state index contributed by atoms with van der Waals surface area (Å²) < 4.78 is 7.33. The van der Waals surface area contributed by atoms with Crippen LogP contribution in [0.25, 0.3) is 60.5 Å². The number of benzene rings is 7. The van der Waals surface area contributed by atoms with Crippen LogP contribution in [0, 0.1) is 0 Å². The lowest BCUT2D eigenvalue weighted by Gasteiger charge is -2.30. The van der Waals surface area contributed by atoms with Gasteiger partial charge in [-0.3, -0.25) is 0 Å². The van der Waals surface area contributed by atoms with Crippen LogP contribution in [-0.2, 0) is 0 Å². The number of nitrogens with zero attached hydrogens (tertiary/aromatic N) is 2. The first-order valence-corrected chi connectivity index (χ1v) is 15.3. The predicted octanol–water partition coefficient (Wildman–Crippen LogP) is 11.0. The van der Waals surface area contributed by atoms with Crippen LogP contribution in [-0.4, -0.2) is 18.7 Å². The molecule has 2 heterocycles. The number of hydrogen-bond acceptors (Lipinski definition) is 2. The van der Waals surface area contributed by atoms with Gasteiger partial charge in [0.05, 0.1) is 23.8 Å². The third-order valence-electron chi connectivity index (χ3n) is 8.88. The van der Waals surface area contributed by atoms with Gasteiger partial charge in [0, 0.05) is 40.1 Å². The van der Waals surface area contributed by atoms with Gasteiger partial charge in [0.2, 0.25) is 0 Å². The van der Waals surface area contributed by atoms with Crippen LogP contribution in [0.2, 0.25) is 0 Å². The van der Waals surface area contributed by atoms with Crippen molar-refractivity contribution in [3.05, 3.63) is 158 Å². The van der Waals surface area contributed by atoms with Crippen LogP contribution in [0.3, 0.4) is 0 Å². The van der Waals surface area contributed by atoms with Gasteiger partial charge in [-0.1, -0.05) is 103 Å². The quantitative estimate of drug-likeness (QED) is 0.207. The zero-order chi connectivity index (χ0) is 30.3. The SMILES string of the molecule is CN1c2cc3c(cc2-c2cccc4cccc1c24)c1cc(-c2ccccc2)ccc1n3-c1ccccc1.COc1ccccc1. The second kappa shape index (κ2) is 11.0. The molecule has 0 spiro atoms. The van der Waals surface area contributed by atoms with Crippen LogP contribution in [0.5, 0.6) is 5.75 Å². The van der Waals surface area contributed by atoms with Crippen molar-refractivity contribution in [2.75, 3.05) is 19.1 Å². The largest absolute Gasteiger partial charge is 0.497 e. The van der Waals surface area contributed by atoms with Crippen LogP contribution in [0.1, 0.15) is 0 Å². The summed E-state index contributed by atoms with van der Waals surface area (Å²) in [6, 6.07) is 56.0. The molecule has 1 aliphatic heterocycles. The molecule has 216 valence electrons. The summed E-state index contributed by atoms with van der Waals surface area (Å²) in [5, 5.41) is 5.17. The fraction of sp³-hybridized carbons (Fsp3) is 0.0476. The monoisotopic (exact) mass is 580 g/mol. The number of rotatable bonds is 3. The number of para-hydroxylation sites is 2. The predicted molar refractivity (Wildman–Crippen MR) is 190 cm³/mol. The first-order chi connectivity index (χ1) is 22.2. The maximum absolute atomic E-state index is 4.91. The molecule has 8 aromatic rings. The summed E-state index contributed by atoms with van der Waals surface area (Å²) in [7, 11) is 3.85. The molecule has 9 rings (SSSR count). The number of methoxy groups -OCH3 is 1. The van der Waals surface area contributed by atoms with E-state index in [-0.39, 0.29) is 0 Å². The third kappa shape index (κ3) is 4.52. The van der Waals surface area contributed by atoms with E-state index >= 15 is 0 Å². The zero-order valence-electron chi connectivity index (χ0n) is 25.3. The van der Waals surface area contributed by atoms with Crippen molar-refractivity contribution in [1.82, 2.24) is 4.57 Å². The zero-order valence-corrected chi connectivity index (χ0v) is 25.3. The molecule has 3 nitrogen and oxygen atoms in total. The molecule has 0 saturated heterocycles. The average molecular weight is 581 g/mol.